The average Bonchev–Trinajstić information content (AvgIpc) is 2.64. The average molecular weight is 242 g/mol. The summed E-state index contributed by atoms with van der Waals surface area (Å²) in [6, 6.07) is 0.334. The highest BCUT2D eigenvalue weighted by Gasteiger charge is 2.21. The van der Waals surface area contributed by atoms with E-state index in [2.05, 4.69) is 31.1 Å². The highest BCUT2D eigenvalue weighted by molar-refractivity contribution is 7.09. The van der Waals surface area contributed by atoms with E-state index in [1.165, 1.54) is 4.88 Å². The van der Waals surface area contributed by atoms with Gasteiger partial charge in [0.25, 0.3) is 0 Å². The summed E-state index contributed by atoms with van der Waals surface area (Å²) >= 11 is 1.67. The molecular formula is C12H22N2OS. The van der Waals surface area contributed by atoms with Crippen LogP contribution in [0.3, 0.4) is 0 Å². The van der Waals surface area contributed by atoms with Gasteiger partial charge in [-0.2, -0.15) is 0 Å². The maximum absolute atomic E-state index is 9.40. The first-order chi connectivity index (χ1) is 7.41. The van der Waals surface area contributed by atoms with Crippen LogP contribution in [0.4, 0.5) is 0 Å². The summed E-state index contributed by atoms with van der Waals surface area (Å²) in [5.41, 5.74) is 1.97. The van der Waals surface area contributed by atoms with Gasteiger partial charge < -0.3 is 10.4 Å². The Kier molecular flexibility index (Phi) is 4.89. The van der Waals surface area contributed by atoms with Crippen molar-refractivity contribution in [2.24, 2.45) is 5.41 Å². The van der Waals surface area contributed by atoms with Gasteiger partial charge in [-0.25, -0.2) is 0 Å². The summed E-state index contributed by atoms with van der Waals surface area (Å²) in [6.07, 6.45) is 2.48. The third-order valence-electron chi connectivity index (χ3n) is 2.61. The minimum atomic E-state index is -0.240. The lowest BCUT2D eigenvalue weighted by Crippen LogP contribution is -2.33. The molecule has 1 heterocycles. The van der Waals surface area contributed by atoms with Crippen molar-refractivity contribution in [1.29, 1.82) is 0 Å². The lowest BCUT2D eigenvalue weighted by atomic mass is 9.87. The van der Waals surface area contributed by atoms with Crippen LogP contribution >= 0.6 is 11.3 Å². The van der Waals surface area contributed by atoms with Gasteiger partial charge in [0.05, 0.1) is 11.6 Å². The number of aliphatic hydroxyl groups excluding tert-OH is 1. The molecule has 0 spiro atoms. The Morgan fingerprint density at radius 1 is 1.50 bits per heavy atom. The molecule has 1 aromatic rings. The molecule has 0 saturated heterocycles. The second-order valence-corrected chi connectivity index (χ2v) is 6.14. The first-order valence-corrected chi connectivity index (χ1v) is 6.58. The number of nitrogens with zero attached hydrogens (tertiary/aromatic N) is 1. The quantitative estimate of drug-likeness (QED) is 0.806. The Morgan fingerprint density at radius 3 is 2.69 bits per heavy atom. The monoisotopic (exact) mass is 242 g/mol. The molecule has 3 nitrogen and oxygen atoms in total. The SMILES string of the molecule is CC(O)CC(C)(C)CNC(C)c1cncs1. The molecule has 1 aromatic heterocycles. The topological polar surface area (TPSA) is 45.1 Å². The highest BCUT2D eigenvalue weighted by Crippen LogP contribution is 2.23. The van der Waals surface area contributed by atoms with Crippen LogP contribution in [0.5, 0.6) is 0 Å². The van der Waals surface area contributed by atoms with Crippen LogP contribution in [0.2, 0.25) is 0 Å². The third-order valence-corrected chi connectivity index (χ3v) is 3.57. The smallest absolute Gasteiger partial charge is 0.0794 e. The van der Waals surface area contributed by atoms with Crippen molar-refractivity contribution >= 4 is 11.3 Å². The predicted molar refractivity (Wildman–Crippen MR) is 68.6 cm³/mol. The van der Waals surface area contributed by atoms with E-state index in [0.717, 1.165) is 13.0 Å². The lowest BCUT2D eigenvalue weighted by molar-refractivity contribution is 0.127. The van der Waals surface area contributed by atoms with Crippen molar-refractivity contribution in [3.8, 4) is 0 Å². The minimum Gasteiger partial charge on any atom is -0.393 e. The highest BCUT2D eigenvalue weighted by atomic mass is 32.1. The number of thiazole rings is 1. The maximum Gasteiger partial charge on any atom is 0.0794 e. The van der Waals surface area contributed by atoms with Crippen molar-refractivity contribution in [1.82, 2.24) is 10.3 Å². The Balaban J connectivity index is 2.39. The van der Waals surface area contributed by atoms with Crippen LogP contribution in [0.25, 0.3) is 0 Å². The number of nitrogens with one attached hydrogen (secondary N) is 1. The van der Waals surface area contributed by atoms with Gasteiger partial charge in [-0.3, -0.25) is 4.98 Å². The van der Waals surface area contributed by atoms with E-state index in [1.807, 2.05) is 18.6 Å². The Labute approximate surface area is 102 Å². The predicted octanol–water partition coefficient (Wildman–Crippen LogP) is 2.59. The van der Waals surface area contributed by atoms with Crippen LogP contribution in [-0.4, -0.2) is 22.7 Å². The van der Waals surface area contributed by atoms with Crippen molar-refractivity contribution in [2.75, 3.05) is 6.54 Å². The summed E-state index contributed by atoms with van der Waals surface area (Å²) < 4.78 is 0. The van der Waals surface area contributed by atoms with Gasteiger partial charge in [0.1, 0.15) is 0 Å². The normalized spacial score (nSPS) is 16.1. The zero-order chi connectivity index (χ0) is 12.2. The molecule has 0 bridgehead atoms. The van der Waals surface area contributed by atoms with Crippen LogP contribution in [0.15, 0.2) is 11.7 Å². The van der Waals surface area contributed by atoms with Gasteiger partial charge in [0.15, 0.2) is 0 Å². The molecule has 0 aromatic carbocycles. The first kappa shape index (κ1) is 13.6. The summed E-state index contributed by atoms with van der Waals surface area (Å²) in [5, 5.41) is 12.9. The van der Waals surface area contributed by atoms with E-state index < -0.39 is 0 Å². The van der Waals surface area contributed by atoms with Gasteiger partial charge in [-0.15, -0.1) is 11.3 Å². The van der Waals surface area contributed by atoms with E-state index >= 15 is 0 Å². The molecule has 4 heteroatoms. The van der Waals surface area contributed by atoms with E-state index in [-0.39, 0.29) is 11.5 Å². The number of aromatic nitrogens is 1. The second-order valence-electron chi connectivity index (χ2n) is 5.22. The molecular weight excluding hydrogens is 220 g/mol. The summed E-state index contributed by atoms with van der Waals surface area (Å²) in [4.78, 5) is 5.33. The molecule has 0 amide bonds. The molecule has 92 valence electrons. The molecule has 0 fully saturated rings. The number of hydrogen-bond acceptors (Lipinski definition) is 4. The van der Waals surface area contributed by atoms with Crippen LogP contribution in [-0.2, 0) is 0 Å². The molecule has 2 unspecified atom stereocenters. The van der Waals surface area contributed by atoms with E-state index in [4.69, 9.17) is 0 Å². The van der Waals surface area contributed by atoms with Crippen LogP contribution in [0.1, 0.15) is 45.0 Å². The fourth-order valence-electron chi connectivity index (χ4n) is 1.84. The number of hydrogen-bond donors (Lipinski definition) is 2. The van der Waals surface area contributed by atoms with Crippen LogP contribution in [0, 0.1) is 5.41 Å². The standard InChI is InChI=1S/C12H22N2OS/c1-9(15)5-12(3,4)7-14-10(2)11-6-13-8-16-11/h6,8-10,14-15H,5,7H2,1-4H3. The lowest BCUT2D eigenvalue weighted by Gasteiger charge is -2.28. The van der Waals surface area contributed by atoms with Gasteiger partial charge in [-0.1, -0.05) is 13.8 Å². The molecule has 0 radical (unpaired) electrons. The molecule has 2 atom stereocenters. The molecule has 2 N–H and O–H groups in total. The van der Waals surface area contributed by atoms with Crippen molar-refractivity contribution in [3.63, 3.8) is 0 Å². The van der Waals surface area contributed by atoms with Crippen molar-refractivity contribution in [2.45, 2.75) is 46.3 Å². The second kappa shape index (κ2) is 5.75. The zero-order valence-corrected chi connectivity index (χ0v) is 11.3. The zero-order valence-electron chi connectivity index (χ0n) is 10.5. The van der Waals surface area contributed by atoms with E-state index in [0.29, 0.717) is 6.04 Å². The minimum absolute atomic E-state index is 0.118. The summed E-state index contributed by atoms with van der Waals surface area (Å²) in [5.74, 6) is 0. The third kappa shape index (κ3) is 4.60. The number of rotatable bonds is 6. The number of aliphatic hydroxyl groups is 1. The van der Waals surface area contributed by atoms with Crippen molar-refractivity contribution in [3.05, 3.63) is 16.6 Å². The molecule has 16 heavy (non-hydrogen) atoms. The molecule has 1 rings (SSSR count). The van der Waals surface area contributed by atoms with E-state index in [1.54, 1.807) is 11.3 Å². The van der Waals surface area contributed by atoms with Gasteiger partial charge in [0, 0.05) is 23.7 Å². The van der Waals surface area contributed by atoms with Gasteiger partial charge in [-0.05, 0) is 25.7 Å². The van der Waals surface area contributed by atoms with Crippen molar-refractivity contribution < 1.29 is 5.11 Å². The van der Waals surface area contributed by atoms with E-state index in [9.17, 15) is 5.11 Å². The van der Waals surface area contributed by atoms with Crippen LogP contribution < -0.4 is 5.32 Å². The van der Waals surface area contributed by atoms with Gasteiger partial charge in [0.2, 0.25) is 0 Å². The molecule has 0 saturated carbocycles. The first-order valence-electron chi connectivity index (χ1n) is 5.70. The largest absolute Gasteiger partial charge is 0.393 e. The molecule has 0 aliphatic rings. The Morgan fingerprint density at radius 2 is 2.19 bits per heavy atom. The maximum atomic E-state index is 9.40. The van der Waals surface area contributed by atoms with Gasteiger partial charge >= 0.3 is 0 Å². The fraction of sp³-hybridized carbons (Fsp3) is 0.750. The Bertz CT molecular complexity index is 296. The fourth-order valence-corrected chi connectivity index (χ4v) is 2.49. The molecule has 0 aliphatic heterocycles. The molecule has 0 aliphatic carbocycles. The summed E-state index contributed by atoms with van der Waals surface area (Å²) in [6.45, 7) is 9.23. The Hall–Kier alpha value is -0.450. The summed E-state index contributed by atoms with van der Waals surface area (Å²) in [7, 11) is 0.